The minimum atomic E-state index is -0.0123. The van der Waals surface area contributed by atoms with E-state index in [1.807, 2.05) is 0 Å². The molecule has 0 aliphatic rings. The van der Waals surface area contributed by atoms with Gasteiger partial charge in [0.2, 0.25) is 0 Å². The fraction of sp³-hybridized carbons (Fsp3) is 0.500. The van der Waals surface area contributed by atoms with Gasteiger partial charge in [-0.3, -0.25) is 7.53 Å². The normalized spacial score (nSPS) is 8.46. The van der Waals surface area contributed by atoms with Crippen LogP contribution in [0.5, 0.6) is 0 Å². The quantitative estimate of drug-likeness (QED) is 0.330. The molecule has 0 saturated carbocycles. The zero-order chi connectivity index (χ0) is 7.02. The summed E-state index contributed by atoms with van der Waals surface area (Å²) in [6, 6.07) is 0. The van der Waals surface area contributed by atoms with Crippen molar-refractivity contribution in [1.29, 1.82) is 0 Å². The van der Waals surface area contributed by atoms with E-state index in [1.165, 1.54) is 11.1 Å². The minimum Gasteiger partial charge on any atom is -1.00 e. The molecule has 0 amide bonds. The predicted octanol–water partition coefficient (Wildman–Crippen LogP) is -6.05. The monoisotopic (exact) mass is 292 g/mol. The fourth-order valence-electron chi connectivity index (χ4n) is 0.942. The molecule has 1 unspecified atom stereocenters. The standard InChI is InChI=1S/C8H12P.3ClH.Ti/c1-6-5-9(4)8(3)7(6)2;;;;/h1-4H3;3*1H;/q-1;;;;+4/p-3. The van der Waals surface area contributed by atoms with Crippen molar-refractivity contribution in [2.45, 2.75) is 20.8 Å². The maximum atomic E-state index is 3.42. The van der Waals surface area contributed by atoms with Crippen molar-refractivity contribution in [3.05, 3.63) is 22.2 Å². The molecule has 0 spiro atoms. The summed E-state index contributed by atoms with van der Waals surface area (Å²) >= 11 is 0. The van der Waals surface area contributed by atoms with E-state index >= 15 is 0 Å². The largest absolute Gasteiger partial charge is 4.00 e. The van der Waals surface area contributed by atoms with Gasteiger partial charge in [0.15, 0.2) is 0 Å². The van der Waals surface area contributed by atoms with Gasteiger partial charge in [-0.2, -0.15) is 22.2 Å². The molecule has 0 bridgehead atoms. The van der Waals surface area contributed by atoms with Crippen LogP contribution in [0.4, 0.5) is 0 Å². The molecule has 74 valence electrons. The third-order valence-corrected chi connectivity index (χ3v) is 3.96. The van der Waals surface area contributed by atoms with Gasteiger partial charge < -0.3 is 37.2 Å². The number of halogens is 3. The van der Waals surface area contributed by atoms with Crippen LogP contribution in [-0.2, 0) is 28.4 Å². The Kier molecular flexibility index (Phi) is 18.2. The summed E-state index contributed by atoms with van der Waals surface area (Å²) in [5, 5.41) is 1.54. The minimum absolute atomic E-state index is 0. The SMILES string of the molecule is Cc1[c-]p(C)c(C)c1C.[Cl-].[Cl-].[Cl-].[Ti+4]. The van der Waals surface area contributed by atoms with Crippen LogP contribution in [0.1, 0.15) is 16.4 Å². The Bertz CT molecular complexity index is 213. The van der Waals surface area contributed by atoms with Crippen molar-refractivity contribution in [2.75, 3.05) is 0 Å². The Hall–Kier alpha value is 1.36. The molecule has 1 heterocycles. The Labute approximate surface area is 115 Å². The number of hydrogen-bond acceptors (Lipinski definition) is 0. The molecule has 0 radical (unpaired) electrons. The zero-order valence-electron chi connectivity index (χ0n) is 8.08. The first-order valence-corrected chi connectivity index (χ1v) is 4.93. The average Bonchev–Trinajstić information content (AvgIpc) is 1.98. The van der Waals surface area contributed by atoms with Crippen LogP contribution < -0.4 is 37.2 Å². The first kappa shape index (κ1) is 23.9. The molecular formula is C8H12Cl3PTi. The molecule has 5 heteroatoms. The molecule has 1 aromatic heterocycles. The fourth-order valence-corrected chi connectivity index (χ4v) is 2.45. The molecule has 1 aromatic rings. The molecule has 0 saturated heterocycles. The molecule has 13 heavy (non-hydrogen) atoms. The smallest absolute Gasteiger partial charge is 1.00 e. The number of hydrogen-bond donors (Lipinski definition) is 0. The van der Waals surface area contributed by atoms with Gasteiger partial charge in [0.05, 0.1) is 0 Å². The van der Waals surface area contributed by atoms with E-state index in [2.05, 4.69) is 33.2 Å². The summed E-state index contributed by atoms with van der Waals surface area (Å²) < 4.78 is 0. The topological polar surface area (TPSA) is 0 Å². The Morgan fingerprint density at radius 2 is 1.38 bits per heavy atom. The summed E-state index contributed by atoms with van der Waals surface area (Å²) in [4.78, 5) is 0. The van der Waals surface area contributed by atoms with Crippen LogP contribution in [0.15, 0.2) is 0 Å². The summed E-state index contributed by atoms with van der Waals surface area (Å²) in [6.45, 7) is 8.80. The zero-order valence-corrected chi connectivity index (χ0v) is 12.8. The number of rotatable bonds is 0. The average molecular weight is 293 g/mol. The first-order valence-electron chi connectivity index (χ1n) is 3.14. The molecule has 0 aliphatic heterocycles. The molecule has 0 fully saturated rings. The maximum Gasteiger partial charge on any atom is 4.00 e. The summed E-state index contributed by atoms with van der Waals surface area (Å²) in [7, 11) is -0.0123. The Morgan fingerprint density at radius 3 is 1.46 bits per heavy atom. The van der Waals surface area contributed by atoms with Crippen molar-refractivity contribution in [3.63, 3.8) is 0 Å². The Balaban J connectivity index is -0.000000101. The van der Waals surface area contributed by atoms with Gasteiger partial charge in [-0.05, 0) is 6.66 Å². The van der Waals surface area contributed by atoms with Crippen molar-refractivity contribution in [1.82, 2.24) is 0 Å². The van der Waals surface area contributed by atoms with Crippen molar-refractivity contribution >= 4 is 7.53 Å². The van der Waals surface area contributed by atoms with Crippen molar-refractivity contribution in [2.24, 2.45) is 6.66 Å². The number of aryl methyl sites for hydroxylation is 2. The van der Waals surface area contributed by atoms with E-state index in [9.17, 15) is 0 Å². The summed E-state index contributed by atoms with van der Waals surface area (Å²) in [6.07, 6.45) is 0. The molecule has 1 atom stereocenters. The second-order valence-corrected chi connectivity index (χ2v) is 4.52. The molecule has 0 aromatic carbocycles. The van der Waals surface area contributed by atoms with Crippen LogP contribution in [0, 0.1) is 26.6 Å². The van der Waals surface area contributed by atoms with Gasteiger partial charge in [0.1, 0.15) is 0 Å². The van der Waals surface area contributed by atoms with Gasteiger partial charge in [-0.1, -0.05) is 20.8 Å². The van der Waals surface area contributed by atoms with Crippen LogP contribution >= 0.6 is 7.53 Å². The molecular weight excluding hydrogens is 281 g/mol. The summed E-state index contributed by atoms with van der Waals surface area (Å²) in [5.41, 5.74) is 2.82. The van der Waals surface area contributed by atoms with Gasteiger partial charge in [0.25, 0.3) is 0 Å². The van der Waals surface area contributed by atoms with E-state index in [0.717, 1.165) is 0 Å². The molecule has 0 aliphatic carbocycles. The van der Waals surface area contributed by atoms with Gasteiger partial charge >= 0.3 is 21.7 Å². The van der Waals surface area contributed by atoms with E-state index in [0.29, 0.717) is 0 Å². The van der Waals surface area contributed by atoms with Crippen LogP contribution in [-0.4, -0.2) is 0 Å². The van der Waals surface area contributed by atoms with Gasteiger partial charge in [0, 0.05) is 0 Å². The molecule has 0 nitrogen and oxygen atoms in total. The first-order chi connectivity index (χ1) is 4.13. The maximum absolute atomic E-state index is 3.42. The van der Waals surface area contributed by atoms with Crippen LogP contribution in [0.25, 0.3) is 0 Å². The van der Waals surface area contributed by atoms with Crippen LogP contribution in [0.2, 0.25) is 0 Å². The second-order valence-electron chi connectivity index (χ2n) is 2.51. The third kappa shape index (κ3) is 5.72. The second kappa shape index (κ2) is 9.90. The van der Waals surface area contributed by atoms with E-state index in [1.54, 1.807) is 5.30 Å². The molecule has 1 rings (SSSR count). The van der Waals surface area contributed by atoms with Gasteiger partial charge in [-0.15, -0.1) is 0 Å². The van der Waals surface area contributed by atoms with Crippen molar-refractivity contribution in [3.8, 4) is 0 Å². The van der Waals surface area contributed by atoms with Gasteiger partial charge in [-0.25, -0.2) is 0 Å². The van der Waals surface area contributed by atoms with Crippen LogP contribution in [0.3, 0.4) is 0 Å². The molecule has 0 N–H and O–H groups in total. The van der Waals surface area contributed by atoms with Crippen molar-refractivity contribution < 1.29 is 58.9 Å². The van der Waals surface area contributed by atoms with E-state index in [4.69, 9.17) is 0 Å². The summed E-state index contributed by atoms with van der Waals surface area (Å²) in [5.74, 6) is 3.42. The Morgan fingerprint density at radius 1 is 1.00 bits per heavy atom. The predicted molar refractivity (Wildman–Crippen MR) is 43.2 cm³/mol. The third-order valence-electron chi connectivity index (χ3n) is 1.94. The van der Waals surface area contributed by atoms with E-state index in [-0.39, 0.29) is 66.5 Å². The van der Waals surface area contributed by atoms with E-state index < -0.39 is 0 Å².